The molecule has 0 atom stereocenters. The summed E-state index contributed by atoms with van der Waals surface area (Å²) >= 11 is 3.21. The zero-order chi connectivity index (χ0) is 13.1. The molecule has 8 heteroatoms. The Morgan fingerprint density at radius 2 is 2.06 bits per heavy atom. The van der Waals surface area contributed by atoms with E-state index >= 15 is 0 Å². The van der Waals surface area contributed by atoms with Crippen LogP contribution in [0.4, 0.5) is 5.82 Å². The van der Waals surface area contributed by atoms with E-state index in [0.29, 0.717) is 5.82 Å². The van der Waals surface area contributed by atoms with E-state index in [1.807, 2.05) is 4.98 Å². The third-order valence-electron chi connectivity index (χ3n) is 1.97. The lowest BCUT2D eigenvalue weighted by molar-refractivity contribution is 0.102. The Morgan fingerprint density at radius 3 is 2.67 bits per heavy atom. The highest BCUT2D eigenvalue weighted by atomic mass is 79.9. The quantitative estimate of drug-likeness (QED) is 0.749. The summed E-state index contributed by atoms with van der Waals surface area (Å²) in [6.45, 7) is 0. The largest absolute Gasteiger partial charge is 0.326 e. The molecule has 2 rings (SSSR count). The maximum atomic E-state index is 11.7. The highest BCUT2D eigenvalue weighted by Crippen LogP contribution is 2.10. The smallest absolute Gasteiger partial charge is 0.305 e. The van der Waals surface area contributed by atoms with Crippen LogP contribution in [0.15, 0.2) is 38.5 Å². The number of carbonyl (C=O) groups excluding carboxylic acids is 1. The number of halogens is 1. The number of hydrogen-bond donors (Lipinski definition) is 3. The van der Waals surface area contributed by atoms with E-state index < -0.39 is 17.2 Å². The van der Waals surface area contributed by atoms with Crippen LogP contribution < -0.4 is 16.6 Å². The molecule has 18 heavy (non-hydrogen) atoms. The molecule has 0 aliphatic heterocycles. The van der Waals surface area contributed by atoms with Gasteiger partial charge in [0.25, 0.3) is 11.5 Å². The molecule has 92 valence electrons. The second-order valence-electron chi connectivity index (χ2n) is 3.32. The average Bonchev–Trinajstić information content (AvgIpc) is 2.31. The van der Waals surface area contributed by atoms with E-state index in [-0.39, 0.29) is 5.69 Å². The molecule has 2 heterocycles. The van der Waals surface area contributed by atoms with Crippen molar-refractivity contribution in [2.24, 2.45) is 0 Å². The SMILES string of the molecule is O=C(Nc1ccc(Br)cn1)c1cc(=O)[nH]c(=O)[nH]1. The molecule has 0 fully saturated rings. The van der Waals surface area contributed by atoms with Gasteiger partial charge < -0.3 is 10.3 Å². The van der Waals surface area contributed by atoms with Crippen molar-refractivity contribution in [3.05, 3.63) is 55.4 Å². The molecule has 0 bridgehead atoms. The molecule has 0 saturated carbocycles. The molecular weight excluding hydrogens is 304 g/mol. The Labute approximate surface area is 108 Å². The number of aromatic nitrogens is 3. The summed E-state index contributed by atoms with van der Waals surface area (Å²) in [6.07, 6.45) is 1.51. The van der Waals surface area contributed by atoms with Crippen molar-refractivity contribution >= 4 is 27.7 Å². The fourth-order valence-corrected chi connectivity index (χ4v) is 1.46. The normalized spacial score (nSPS) is 10.1. The lowest BCUT2D eigenvalue weighted by atomic mass is 10.3. The van der Waals surface area contributed by atoms with Gasteiger partial charge in [-0.25, -0.2) is 9.78 Å². The van der Waals surface area contributed by atoms with Crippen molar-refractivity contribution in [2.75, 3.05) is 5.32 Å². The van der Waals surface area contributed by atoms with Gasteiger partial charge in [-0.1, -0.05) is 0 Å². The Kier molecular flexibility index (Phi) is 3.38. The number of carbonyl (C=O) groups is 1. The number of nitrogens with one attached hydrogen (secondary N) is 3. The molecule has 2 aromatic rings. The third-order valence-corrected chi connectivity index (χ3v) is 2.44. The monoisotopic (exact) mass is 310 g/mol. The average molecular weight is 311 g/mol. The van der Waals surface area contributed by atoms with Gasteiger partial charge in [0.1, 0.15) is 11.5 Å². The minimum absolute atomic E-state index is 0.131. The van der Waals surface area contributed by atoms with Crippen molar-refractivity contribution in [1.82, 2.24) is 15.0 Å². The highest BCUT2D eigenvalue weighted by Gasteiger charge is 2.08. The molecule has 1 amide bonds. The van der Waals surface area contributed by atoms with Crippen LogP contribution in [0.25, 0.3) is 0 Å². The summed E-state index contributed by atoms with van der Waals surface area (Å²) in [4.78, 5) is 41.9. The van der Waals surface area contributed by atoms with Crippen LogP contribution >= 0.6 is 15.9 Å². The van der Waals surface area contributed by atoms with Crippen molar-refractivity contribution in [3.63, 3.8) is 0 Å². The Bertz CT molecular complexity index is 661. The van der Waals surface area contributed by atoms with Gasteiger partial charge in [-0.2, -0.15) is 0 Å². The molecule has 0 aliphatic carbocycles. The summed E-state index contributed by atoms with van der Waals surface area (Å²) in [7, 11) is 0. The predicted octanol–water partition coefficient (Wildman–Crippen LogP) is 0.473. The van der Waals surface area contributed by atoms with Crippen molar-refractivity contribution in [3.8, 4) is 0 Å². The first-order valence-corrected chi connectivity index (χ1v) is 5.60. The summed E-state index contributed by atoms with van der Waals surface area (Å²) in [5.41, 5.74) is -1.52. The van der Waals surface area contributed by atoms with E-state index in [0.717, 1.165) is 10.5 Å². The molecular formula is C10H7BrN4O3. The Balaban J connectivity index is 2.24. The van der Waals surface area contributed by atoms with E-state index in [1.54, 1.807) is 12.1 Å². The summed E-state index contributed by atoms with van der Waals surface area (Å²) < 4.78 is 0.769. The zero-order valence-electron chi connectivity index (χ0n) is 8.86. The number of H-pyrrole nitrogens is 2. The maximum Gasteiger partial charge on any atom is 0.326 e. The summed E-state index contributed by atoms with van der Waals surface area (Å²) in [5.74, 6) is -0.308. The minimum atomic E-state index is -0.739. The van der Waals surface area contributed by atoms with Crippen LogP contribution in [-0.4, -0.2) is 20.9 Å². The number of pyridine rings is 1. The van der Waals surface area contributed by atoms with Gasteiger partial charge in [0.2, 0.25) is 0 Å². The minimum Gasteiger partial charge on any atom is -0.305 e. The molecule has 0 aliphatic rings. The standard InChI is InChI=1S/C10H7BrN4O3/c11-5-1-2-7(12-4-5)14-9(17)6-3-8(16)15-10(18)13-6/h1-4H,(H,12,14,17)(H2,13,15,16,18). The molecule has 0 unspecified atom stereocenters. The summed E-state index contributed by atoms with van der Waals surface area (Å²) in [5, 5.41) is 2.45. The van der Waals surface area contributed by atoms with E-state index in [2.05, 4.69) is 31.2 Å². The first kappa shape index (κ1) is 12.2. The van der Waals surface area contributed by atoms with Crippen molar-refractivity contribution in [2.45, 2.75) is 0 Å². The number of anilines is 1. The van der Waals surface area contributed by atoms with Gasteiger partial charge >= 0.3 is 5.69 Å². The molecule has 0 saturated heterocycles. The molecule has 0 radical (unpaired) electrons. The third kappa shape index (κ3) is 2.92. The second kappa shape index (κ2) is 4.96. The zero-order valence-corrected chi connectivity index (χ0v) is 10.4. The molecule has 0 spiro atoms. The Morgan fingerprint density at radius 1 is 1.28 bits per heavy atom. The van der Waals surface area contributed by atoms with Gasteiger partial charge in [0.05, 0.1) is 0 Å². The van der Waals surface area contributed by atoms with E-state index in [1.165, 1.54) is 6.20 Å². The summed E-state index contributed by atoms with van der Waals surface area (Å²) in [6, 6.07) is 4.27. The van der Waals surface area contributed by atoms with Gasteiger partial charge in [0.15, 0.2) is 0 Å². The van der Waals surface area contributed by atoms with Gasteiger partial charge in [0, 0.05) is 16.7 Å². The van der Waals surface area contributed by atoms with Crippen molar-refractivity contribution in [1.29, 1.82) is 0 Å². The van der Waals surface area contributed by atoms with E-state index in [9.17, 15) is 14.4 Å². The van der Waals surface area contributed by atoms with Crippen LogP contribution in [0.2, 0.25) is 0 Å². The topological polar surface area (TPSA) is 108 Å². The lowest BCUT2D eigenvalue weighted by Gasteiger charge is -2.03. The first-order valence-electron chi connectivity index (χ1n) is 4.81. The molecule has 0 aromatic carbocycles. The Hall–Kier alpha value is -2.22. The van der Waals surface area contributed by atoms with Crippen LogP contribution in [0, 0.1) is 0 Å². The first-order chi connectivity index (χ1) is 8.54. The number of nitrogens with zero attached hydrogens (tertiary/aromatic N) is 1. The van der Waals surface area contributed by atoms with Crippen LogP contribution in [0.3, 0.4) is 0 Å². The van der Waals surface area contributed by atoms with Crippen LogP contribution in [-0.2, 0) is 0 Å². The molecule has 3 N–H and O–H groups in total. The fraction of sp³-hybridized carbons (Fsp3) is 0. The highest BCUT2D eigenvalue weighted by molar-refractivity contribution is 9.10. The van der Waals surface area contributed by atoms with Crippen molar-refractivity contribution < 1.29 is 4.79 Å². The number of amides is 1. The maximum absolute atomic E-state index is 11.7. The lowest BCUT2D eigenvalue weighted by Crippen LogP contribution is -2.27. The van der Waals surface area contributed by atoms with E-state index in [4.69, 9.17) is 0 Å². The van der Waals surface area contributed by atoms with Crippen LogP contribution in [0.1, 0.15) is 10.5 Å². The van der Waals surface area contributed by atoms with Crippen LogP contribution in [0.5, 0.6) is 0 Å². The molecule has 2 aromatic heterocycles. The second-order valence-corrected chi connectivity index (χ2v) is 4.23. The van der Waals surface area contributed by atoms with Gasteiger partial charge in [-0.3, -0.25) is 14.6 Å². The fourth-order valence-electron chi connectivity index (χ4n) is 1.22. The predicted molar refractivity (Wildman–Crippen MR) is 67.6 cm³/mol. The van der Waals surface area contributed by atoms with Gasteiger partial charge in [-0.15, -0.1) is 0 Å². The number of aromatic amines is 2. The molecule has 7 nitrogen and oxygen atoms in total. The van der Waals surface area contributed by atoms with Gasteiger partial charge in [-0.05, 0) is 28.1 Å². The number of hydrogen-bond acceptors (Lipinski definition) is 4. The number of rotatable bonds is 2.